The van der Waals surface area contributed by atoms with E-state index >= 15 is 0 Å². The number of hydrogen-bond acceptors (Lipinski definition) is 5. The number of amides is 1. The predicted molar refractivity (Wildman–Crippen MR) is 82.6 cm³/mol. The highest BCUT2D eigenvalue weighted by Crippen LogP contribution is 2.21. The standard InChI is InChI=1S/C13H21N3O3S2/c1-9(2)5-12-15-11(7-20-12)13(17)16-4-3-10(6-16)8-21(14,18)19/h7,9-10H,3-6,8H2,1-2H3,(H2,14,18,19). The van der Waals surface area contributed by atoms with Crippen molar-refractivity contribution in [2.45, 2.75) is 26.7 Å². The number of likely N-dealkylation sites (tertiary alicyclic amines) is 1. The van der Waals surface area contributed by atoms with Gasteiger partial charge in [-0.3, -0.25) is 4.79 Å². The second-order valence-corrected chi connectivity index (χ2v) is 8.56. The normalized spacial score (nSPS) is 19.4. The first kappa shape index (κ1) is 16.4. The molecule has 1 saturated heterocycles. The second kappa shape index (κ2) is 6.41. The van der Waals surface area contributed by atoms with Crippen LogP contribution >= 0.6 is 11.3 Å². The first-order valence-electron chi connectivity index (χ1n) is 6.98. The monoisotopic (exact) mass is 331 g/mol. The van der Waals surface area contributed by atoms with E-state index in [4.69, 9.17) is 5.14 Å². The van der Waals surface area contributed by atoms with Crippen LogP contribution in [0.15, 0.2) is 5.38 Å². The Hall–Kier alpha value is -0.990. The van der Waals surface area contributed by atoms with Gasteiger partial charge in [0.1, 0.15) is 5.69 Å². The quantitative estimate of drug-likeness (QED) is 0.874. The summed E-state index contributed by atoms with van der Waals surface area (Å²) in [6.07, 6.45) is 1.54. The van der Waals surface area contributed by atoms with Gasteiger partial charge in [-0.15, -0.1) is 11.3 Å². The minimum absolute atomic E-state index is 0.0631. The Bertz CT molecular complexity index is 610. The molecule has 6 nitrogen and oxygen atoms in total. The van der Waals surface area contributed by atoms with Crippen LogP contribution in [-0.4, -0.2) is 43.1 Å². The summed E-state index contributed by atoms with van der Waals surface area (Å²) in [6.45, 7) is 5.23. The molecule has 0 aromatic carbocycles. The summed E-state index contributed by atoms with van der Waals surface area (Å²) >= 11 is 1.50. The summed E-state index contributed by atoms with van der Waals surface area (Å²) < 4.78 is 22.2. The Kier molecular flexibility index (Phi) is 5.00. The van der Waals surface area contributed by atoms with Gasteiger partial charge in [0.15, 0.2) is 0 Å². The van der Waals surface area contributed by atoms with Gasteiger partial charge in [0.2, 0.25) is 10.0 Å². The van der Waals surface area contributed by atoms with Crippen LogP contribution in [0, 0.1) is 11.8 Å². The highest BCUT2D eigenvalue weighted by atomic mass is 32.2. The van der Waals surface area contributed by atoms with E-state index in [9.17, 15) is 13.2 Å². The van der Waals surface area contributed by atoms with Gasteiger partial charge in [-0.1, -0.05) is 13.8 Å². The van der Waals surface area contributed by atoms with Crippen molar-refractivity contribution >= 4 is 27.3 Å². The van der Waals surface area contributed by atoms with Gasteiger partial charge in [-0.25, -0.2) is 18.5 Å². The SMILES string of the molecule is CC(C)Cc1nc(C(=O)N2CCC(CS(N)(=O)=O)C2)cs1. The third kappa shape index (κ3) is 4.76. The molecule has 1 fully saturated rings. The van der Waals surface area contributed by atoms with E-state index in [1.165, 1.54) is 11.3 Å². The maximum Gasteiger partial charge on any atom is 0.273 e. The van der Waals surface area contributed by atoms with Crippen molar-refractivity contribution in [3.63, 3.8) is 0 Å². The molecule has 0 radical (unpaired) electrons. The molecular formula is C13H21N3O3S2. The summed E-state index contributed by atoms with van der Waals surface area (Å²) in [7, 11) is -3.48. The summed E-state index contributed by atoms with van der Waals surface area (Å²) in [5, 5.41) is 7.81. The number of hydrogen-bond donors (Lipinski definition) is 1. The van der Waals surface area contributed by atoms with Gasteiger partial charge in [0, 0.05) is 24.9 Å². The topological polar surface area (TPSA) is 93.4 Å². The molecule has 2 rings (SSSR count). The zero-order valence-electron chi connectivity index (χ0n) is 12.3. The Labute approximate surface area is 129 Å². The highest BCUT2D eigenvalue weighted by molar-refractivity contribution is 7.89. The van der Waals surface area contributed by atoms with E-state index in [0.717, 1.165) is 11.4 Å². The van der Waals surface area contributed by atoms with Gasteiger partial charge in [-0.2, -0.15) is 0 Å². The van der Waals surface area contributed by atoms with E-state index in [2.05, 4.69) is 18.8 Å². The third-order valence-electron chi connectivity index (χ3n) is 3.39. The van der Waals surface area contributed by atoms with E-state index in [-0.39, 0.29) is 17.6 Å². The van der Waals surface area contributed by atoms with Crippen LogP contribution in [0.1, 0.15) is 35.8 Å². The molecule has 1 aliphatic rings. The highest BCUT2D eigenvalue weighted by Gasteiger charge is 2.30. The number of carbonyl (C=O) groups is 1. The molecule has 0 saturated carbocycles. The molecular weight excluding hydrogens is 310 g/mol. The molecule has 8 heteroatoms. The molecule has 1 aliphatic heterocycles. The molecule has 1 unspecified atom stereocenters. The lowest BCUT2D eigenvalue weighted by Crippen LogP contribution is -2.31. The molecule has 1 aromatic heterocycles. The molecule has 2 N–H and O–H groups in total. The van der Waals surface area contributed by atoms with Crippen molar-refractivity contribution < 1.29 is 13.2 Å². The van der Waals surface area contributed by atoms with Crippen LogP contribution in [-0.2, 0) is 16.4 Å². The molecule has 118 valence electrons. The Morgan fingerprint density at radius 2 is 2.29 bits per heavy atom. The Morgan fingerprint density at radius 1 is 1.57 bits per heavy atom. The Balaban J connectivity index is 1.96. The van der Waals surface area contributed by atoms with E-state index in [1.54, 1.807) is 10.3 Å². The maximum atomic E-state index is 12.3. The van der Waals surface area contributed by atoms with E-state index < -0.39 is 10.0 Å². The number of aromatic nitrogens is 1. The number of primary sulfonamides is 1. The second-order valence-electron chi connectivity index (χ2n) is 5.96. The predicted octanol–water partition coefficient (Wildman–Crippen LogP) is 1.09. The van der Waals surface area contributed by atoms with Crippen LogP contribution in [0.3, 0.4) is 0 Å². The lowest BCUT2D eigenvalue weighted by molar-refractivity contribution is 0.0783. The molecule has 0 bridgehead atoms. The van der Waals surface area contributed by atoms with Gasteiger partial charge in [-0.05, 0) is 18.3 Å². The van der Waals surface area contributed by atoms with Crippen molar-refractivity contribution in [3.8, 4) is 0 Å². The fourth-order valence-electron chi connectivity index (χ4n) is 2.50. The minimum atomic E-state index is -3.48. The largest absolute Gasteiger partial charge is 0.337 e. The van der Waals surface area contributed by atoms with Crippen LogP contribution in [0.4, 0.5) is 0 Å². The van der Waals surface area contributed by atoms with E-state index in [0.29, 0.717) is 31.1 Å². The summed E-state index contributed by atoms with van der Waals surface area (Å²) in [5.41, 5.74) is 0.465. The van der Waals surface area contributed by atoms with Crippen LogP contribution in [0.25, 0.3) is 0 Å². The maximum absolute atomic E-state index is 12.3. The molecule has 1 aromatic rings. The summed E-state index contributed by atoms with van der Waals surface area (Å²) in [4.78, 5) is 18.4. The van der Waals surface area contributed by atoms with Gasteiger partial charge < -0.3 is 4.90 Å². The lowest BCUT2D eigenvalue weighted by atomic mass is 10.1. The minimum Gasteiger partial charge on any atom is -0.337 e. The first-order valence-corrected chi connectivity index (χ1v) is 9.58. The van der Waals surface area contributed by atoms with Crippen LogP contribution in [0.5, 0.6) is 0 Å². The molecule has 0 spiro atoms. The van der Waals surface area contributed by atoms with Gasteiger partial charge >= 0.3 is 0 Å². The lowest BCUT2D eigenvalue weighted by Gasteiger charge is -2.14. The Morgan fingerprint density at radius 3 is 2.90 bits per heavy atom. The van der Waals surface area contributed by atoms with Crippen LogP contribution < -0.4 is 5.14 Å². The smallest absolute Gasteiger partial charge is 0.273 e. The summed E-state index contributed by atoms with van der Waals surface area (Å²) in [5.74, 6) is 0.257. The van der Waals surface area contributed by atoms with Crippen LogP contribution in [0.2, 0.25) is 0 Å². The fourth-order valence-corrected chi connectivity index (χ4v) is 4.41. The first-order chi connectivity index (χ1) is 9.74. The van der Waals surface area contributed by atoms with Crippen molar-refractivity contribution in [3.05, 3.63) is 16.1 Å². The average molecular weight is 331 g/mol. The number of nitrogens with zero attached hydrogens (tertiary/aromatic N) is 2. The van der Waals surface area contributed by atoms with Crippen molar-refractivity contribution in [2.24, 2.45) is 17.0 Å². The average Bonchev–Trinajstić information content (AvgIpc) is 2.94. The van der Waals surface area contributed by atoms with E-state index in [1.807, 2.05) is 0 Å². The number of sulfonamides is 1. The zero-order valence-corrected chi connectivity index (χ0v) is 13.9. The molecule has 1 atom stereocenters. The van der Waals surface area contributed by atoms with Gasteiger partial charge in [0.05, 0.1) is 10.8 Å². The van der Waals surface area contributed by atoms with Crippen molar-refractivity contribution in [1.29, 1.82) is 0 Å². The summed E-state index contributed by atoms with van der Waals surface area (Å²) in [6, 6.07) is 0. The molecule has 0 aliphatic carbocycles. The number of carbonyl (C=O) groups excluding carboxylic acids is 1. The fraction of sp³-hybridized carbons (Fsp3) is 0.692. The molecule has 21 heavy (non-hydrogen) atoms. The number of rotatable bonds is 5. The molecule has 1 amide bonds. The van der Waals surface area contributed by atoms with Gasteiger partial charge in [0.25, 0.3) is 5.91 Å². The third-order valence-corrected chi connectivity index (χ3v) is 5.20. The number of nitrogens with two attached hydrogens (primary N) is 1. The molecule has 2 heterocycles. The zero-order chi connectivity index (χ0) is 15.6. The van der Waals surface area contributed by atoms with Crippen molar-refractivity contribution in [1.82, 2.24) is 9.88 Å². The number of thiazole rings is 1. The van der Waals surface area contributed by atoms with Crippen molar-refractivity contribution in [2.75, 3.05) is 18.8 Å².